The van der Waals surface area contributed by atoms with E-state index >= 15 is 0 Å². The first-order valence-electron chi connectivity index (χ1n) is 8.11. The van der Waals surface area contributed by atoms with Crippen molar-refractivity contribution in [2.45, 2.75) is 24.3 Å². The van der Waals surface area contributed by atoms with Gasteiger partial charge in [-0.25, -0.2) is 9.97 Å². The van der Waals surface area contributed by atoms with Crippen molar-refractivity contribution in [3.8, 4) is 0 Å². The molecule has 1 aliphatic rings. The number of carbonyl (C=O) groups is 1. The monoisotopic (exact) mass is 359 g/mol. The molecule has 8 heteroatoms. The van der Waals surface area contributed by atoms with Gasteiger partial charge in [-0.1, -0.05) is 6.07 Å². The Bertz CT molecular complexity index is 698. The van der Waals surface area contributed by atoms with Crippen LogP contribution in [-0.2, 0) is 5.75 Å². The highest BCUT2D eigenvalue weighted by molar-refractivity contribution is 7.97. The van der Waals surface area contributed by atoms with Crippen molar-refractivity contribution in [3.05, 3.63) is 48.2 Å². The summed E-state index contributed by atoms with van der Waals surface area (Å²) in [5, 5.41) is 13.3. The largest absolute Gasteiger partial charge is 0.389 e. The van der Waals surface area contributed by atoms with Crippen molar-refractivity contribution in [1.29, 1.82) is 0 Å². The Labute approximate surface area is 150 Å². The number of anilines is 1. The van der Waals surface area contributed by atoms with E-state index in [0.717, 1.165) is 18.1 Å². The van der Waals surface area contributed by atoms with Gasteiger partial charge in [-0.05, 0) is 24.3 Å². The summed E-state index contributed by atoms with van der Waals surface area (Å²) < 4.78 is 0. The van der Waals surface area contributed by atoms with Gasteiger partial charge < -0.3 is 15.3 Å². The Morgan fingerprint density at radius 1 is 1.36 bits per heavy atom. The lowest BCUT2D eigenvalue weighted by molar-refractivity contribution is 0.0793. The van der Waals surface area contributed by atoms with E-state index in [0.29, 0.717) is 13.0 Å². The maximum absolute atomic E-state index is 12.2. The van der Waals surface area contributed by atoms with Crippen molar-refractivity contribution in [2.24, 2.45) is 0 Å². The second kappa shape index (κ2) is 8.26. The van der Waals surface area contributed by atoms with E-state index in [9.17, 15) is 9.90 Å². The predicted octanol–water partition coefficient (Wildman–Crippen LogP) is 1.10. The van der Waals surface area contributed by atoms with Gasteiger partial charge in [0, 0.05) is 37.4 Å². The lowest BCUT2D eigenvalue weighted by Crippen LogP contribution is -2.54. The number of pyridine rings is 1. The maximum Gasteiger partial charge on any atom is 0.271 e. The third-order valence-electron chi connectivity index (χ3n) is 4.14. The zero-order valence-corrected chi connectivity index (χ0v) is 14.8. The number of carbonyl (C=O) groups excluding carboxylic acids is 1. The molecule has 7 nitrogen and oxygen atoms in total. The van der Waals surface area contributed by atoms with Gasteiger partial charge in [-0.15, -0.1) is 0 Å². The maximum atomic E-state index is 12.2. The number of aliphatic hydroxyl groups is 1. The number of piperidine rings is 1. The van der Waals surface area contributed by atoms with Gasteiger partial charge in [0.25, 0.3) is 5.91 Å². The number of nitrogens with zero attached hydrogens (tertiary/aromatic N) is 4. The smallest absolute Gasteiger partial charge is 0.271 e. The number of rotatable bonds is 5. The molecule has 0 saturated carbocycles. The molecule has 3 heterocycles. The van der Waals surface area contributed by atoms with Crippen molar-refractivity contribution in [3.63, 3.8) is 0 Å². The lowest BCUT2D eigenvalue weighted by Gasteiger charge is -2.36. The van der Waals surface area contributed by atoms with E-state index in [1.165, 1.54) is 24.2 Å². The highest BCUT2D eigenvalue weighted by Gasteiger charge is 2.30. The van der Waals surface area contributed by atoms with Gasteiger partial charge in [0.05, 0.1) is 18.3 Å². The standard InChI is InChI=1S/C17H21N5O2S/c1-25-11-12-2-3-16(20-8-12)22-7-4-13(15(23)10-22)21-17(24)14-9-18-5-6-19-14/h2-3,5-6,8-9,13,15,23H,4,7,10-11H2,1H3,(H,21,24). The molecule has 2 aromatic rings. The fourth-order valence-corrected chi connectivity index (χ4v) is 3.33. The molecule has 2 atom stereocenters. The first kappa shape index (κ1) is 17.6. The number of thioether (sulfide) groups is 1. The van der Waals surface area contributed by atoms with Crippen molar-refractivity contribution < 1.29 is 9.90 Å². The summed E-state index contributed by atoms with van der Waals surface area (Å²) in [4.78, 5) is 26.5. The van der Waals surface area contributed by atoms with Crippen LogP contribution in [0.15, 0.2) is 36.9 Å². The van der Waals surface area contributed by atoms with E-state index in [4.69, 9.17) is 0 Å². The van der Waals surface area contributed by atoms with Crippen LogP contribution in [0.5, 0.6) is 0 Å². The van der Waals surface area contributed by atoms with Crippen LogP contribution < -0.4 is 10.2 Å². The first-order chi connectivity index (χ1) is 12.2. The Kier molecular flexibility index (Phi) is 5.83. The molecule has 0 spiro atoms. The van der Waals surface area contributed by atoms with Crippen molar-refractivity contribution in [2.75, 3.05) is 24.2 Å². The molecule has 0 radical (unpaired) electrons. The van der Waals surface area contributed by atoms with Crippen LogP contribution in [0.25, 0.3) is 0 Å². The van der Waals surface area contributed by atoms with Gasteiger partial charge in [-0.2, -0.15) is 11.8 Å². The first-order valence-corrected chi connectivity index (χ1v) is 9.50. The Hall–Kier alpha value is -2.19. The summed E-state index contributed by atoms with van der Waals surface area (Å²) in [6, 6.07) is 3.74. The molecule has 0 aromatic carbocycles. The molecular formula is C17H21N5O2S. The van der Waals surface area contributed by atoms with Crippen LogP contribution in [0.2, 0.25) is 0 Å². The Morgan fingerprint density at radius 3 is 2.88 bits per heavy atom. The van der Waals surface area contributed by atoms with E-state index in [2.05, 4.69) is 32.6 Å². The summed E-state index contributed by atoms with van der Waals surface area (Å²) in [7, 11) is 0. The highest BCUT2D eigenvalue weighted by atomic mass is 32.2. The third-order valence-corrected chi connectivity index (χ3v) is 4.76. The molecule has 3 rings (SSSR count). The zero-order chi connectivity index (χ0) is 17.6. The summed E-state index contributed by atoms with van der Waals surface area (Å²) in [6.45, 7) is 1.15. The minimum absolute atomic E-state index is 0.253. The minimum Gasteiger partial charge on any atom is -0.389 e. The molecular weight excluding hydrogens is 338 g/mol. The molecule has 25 heavy (non-hydrogen) atoms. The van der Waals surface area contributed by atoms with E-state index in [1.54, 1.807) is 11.8 Å². The third kappa shape index (κ3) is 4.46. The number of aromatic nitrogens is 3. The van der Waals surface area contributed by atoms with Gasteiger partial charge in [-0.3, -0.25) is 9.78 Å². The minimum atomic E-state index is -0.665. The number of hydrogen-bond acceptors (Lipinski definition) is 7. The van der Waals surface area contributed by atoms with Crippen LogP contribution >= 0.6 is 11.8 Å². The second-order valence-corrected chi connectivity index (χ2v) is 6.80. The summed E-state index contributed by atoms with van der Waals surface area (Å²) in [5.41, 5.74) is 1.44. The molecule has 1 aliphatic heterocycles. The van der Waals surface area contributed by atoms with Crippen molar-refractivity contribution >= 4 is 23.5 Å². The fourth-order valence-electron chi connectivity index (χ4n) is 2.82. The predicted molar refractivity (Wildman–Crippen MR) is 97.6 cm³/mol. The van der Waals surface area contributed by atoms with Gasteiger partial charge >= 0.3 is 0 Å². The number of aliphatic hydroxyl groups excluding tert-OH is 1. The van der Waals surface area contributed by atoms with Crippen LogP contribution in [0.1, 0.15) is 22.5 Å². The fraction of sp³-hybridized carbons (Fsp3) is 0.412. The molecule has 132 valence electrons. The molecule has 1 saturated heterocycles. The SMILES string of the molecule is CSCc1ccc(N2CCC(NC(=O)c3cnccn3)C(O)C2)nc1. The zero-order valence-electron chi connectivity index (χ0n) is 14.0. The molecule has 2 unspecified atom stereocenters. The van der Waals surface area contributed by atoms with E-state index in [1.807, 2.05) is 17.2 Å². The Balaban J connectivity index is 1.58. The van der Waals surface area contributed by atoms with Gasteiger partial charge in [0.15, 0.2) is 0 Å². The summed E-state index contributed by atoms with van der Waals surface area (Å²) in [5.74, 6) is 1.47. The summed E-state index contributed by atoms with van der Waals surface area (Å²) >= 11 is 1.76. The quantitative estimate of drug-likeness (QED) is 0.826. The van der Waals surface area contributed by atoms with Crippen LogP contribution in [0.4, 0.5) is 5.82 Å². The normalized spacial score (nSPS) is 20.3. The van der Waals surface area contributed by atoms with Crippen molar-refractivity contribution in [1.82, 2.24) is 20.3 Å². The van der Waals surface area contributed by atoms with E-state index < -0.39 is 6.10 Å². The average Bonchev–Trinajstić information content (AvgIpc) is 2.65. The number of hydrogen-bond donors (Lipinski definition) is 2. The van der Waals surface area contributed by atoms with E-state index in [-0.39, 0.29) is 17.6 Å². The number of nitrogens with one attached hydrogen (secondary N) is 1. The number of β-amino-alcohol motifs (C(OH)–C–C–N with tert-alkyl or cyclic N) is 1. The highest BCUT2D eigenvalue weighted by Crippen LogP contribution is 2.19. The number of amides is 1. The molecule has 1 fully saturated rings. The molecule has 1 amide bonds. The lowest BCUT2D eigenvalue weighted by atomic mass is 10.0. The summed E-state index contributed by atoms with van der Waals surface area (Å²) in [6.07, 6.45) is 8.31. The Morgan fingerprint density at radius 2 is 2.24 bits per heavy atom. The molecule has 0 aliphatic carbocycles. The van der Waals surface area contributed by atoms with Gasteiger partial charge in [0.1, 0.15) is 11.5 Å². The van der Waals surface area contributed by atoms with Gasteiger partial charge in [0.2, 0.25) is 0 Å². The van der Waals surface area contributed by atoms with Crippen LogP contribution in [-0.4, -0.2) is 57.5 Å². The molecule has 2 aromatic heterocycles. The topological polar surface area (TPSA) is 91.2 Å². The molecule has 2 N–H and O–H groups in total. The molecule has 0 bridgehead atoms. The van der Waals surface area contributed by atoms with Crippen LogP contribution in [0, 0.1) is 0 Å². The van der Waals surface area contributed by atoms with Crippen LogP contribution in [0.3, 0.4) is 0 Å². The average molecular weight is 359 g/mol. The second-order valence-electron chi connectivity index (χ2n) is 5.93.